The van der Waals surface area contributed by atoms with Crippen LogP contribution >= 0.6 is 0 Å². The summed E-state index contributed by atoms with van der Waals surface area (Å²) in [7, 11) is 0. The van der Waals surface area contributed by atoms with E-state index in [4.69, 9.17) is 5.11 Å². The summed E-state index contributed by atoms with van der Waals surface area (Å²) in [4.78, 5) is 13.7. The third-order valence-electron chi connectivity index (χ3n) is 1.78. The Morgan fingerprint density at radius 1 is 1.57 bits per heavy atom. The molecule has 76 valence electrons. The second-order valence-corrected chi connectivity index (χ2v) is 2.64. The predicted octanol–water partition coefficient (Wildman–Crippen LogP) is 1.73. The second kappa shape index (κ2) is 3.57. The molecule has 0 radical (unpaired) electrons. The van der Waals surface area contributed by atoms with Gasteiger partial charge in [0, 0.05) is 17.3 Å². The maximum atomic E-state index is 12.2. The first-order chi connectivity index (χ1) is 6.45. The number of hydrogen-bond donors (Lipinski definition) is 2. The van der Waals surface area contributed by atoms with Gasteiger partial charge in [0.05, 0.1) is 0 Å². The van der Waals surface area contributed by atoms with Crippen LogP contribution in [0.3, 0.4) is 0 Å². The van der Waals surface area contributed by atoms with Gasteiger partial charge in [-0.15, -0.1) is 0 Å². The molecule has 0 saturated heterocycles. The Morgan fingerprint density at radius 2 is 2.14 bits per heavy atom. The molecule has 0 fully saturated rings. The Kier molecular flexibility index (Phi) is 2.64. The Balaban J connectivity index is 3.33. The minimum absolute atomic E-state index is 0.160. The number of nitrogens with zero attached hydrogens (tertiary/aromatic N) is 1. The minimum atomic E-state index is -2.78. The number of aromatic carboxylic acids is 1. The van der Waals surface area contributed by atoms with E-state index in [2.05, 4.69) is 4.98 Å². The van der Waals surface area contributed by atoms with Crippen LogP contribution in [0.4, 0.5) is 8.78 Å². The third-order valence-corrected chi connectivity index (χ3v) is 1.78. The van der Waals surface area contributed by atoms with Crippen molar-refractivity contribution in [3.63, 3.8) is 0 Å². The molecule has 1 rings (SSSR count). The molecule has 0 aromatic carbocycles. The van der Waals surface area contributed by atoms with Crippen molar-refractivity contribution >= 4 is 5.97 Å². The molecule has 1 aromatic heterocycles. The molecule has 4 nitrogen and oxygen atoms in total. The summed E-state index contributed by atoms with van der Waals surface area (Å²) in [6.45, 7) is 1.21. The van der Waals surface area contributed by atoms with E-state index in [1.807, 2.05) is 0 Å². The van der Waals surface area contributed by atoms with E-state index in [1.165, 1.54) is 6.92 Å². The lowest BCUT2D eigenvalue weighted by Gasteiger charge is -2.07. The molecule has 0 unspecified atom stereocenters. The molecule has 0 saturated carbocycles. The molecular formula is C8H7F2NO3. The third kappa shape index (κ3) is 1.63. The van der Waals surface area contributed by atoms with E-state index >= 15 is 0 Å². The average molecular weight is 203 g/mol. The molecule has 0 atom stereocenters. The Labute approximate surface area is 77.8 Å². The minimum Gasteiger partial charge on any atom is -0.505 e. The Bertz CT molecular complexity index is 379. The van der Waals surface area contributed by atoms with Crippen molar-refractivity contribution in [1.29, 1.82) is 0 Å². The number of carbonyl (C=O) groups is 1. The van der Waals surface area contributed by atoms with Gasteiger partial charge in [-0.05, 0) is 6.92 Å². The number of rotatable bonds is 2. The lowest BCUT2D eigenvalue weighted by molar-refractivity contribution is 0.0685. The van der Waals surface area contributed by atoms with Gasteiger partial charge in [-0.1, -0.05) is 0 Å². The van der Waals surface area contributed by atoms with Crippen LogP contribution in [-0.2, 0) is 0 Å². The van der Waals surface area contributed by atoms with Crippen LogP contribution in [0.15, 0.2) is 6.20 Å². The van der Waals surface area contributed by atoms with Crippen molar-refractivity contribution in [3.8, 4) is 5.75 Å². The van der Waals surface area contributed by atoms with Crippen molar-refractivity contribution < 1.29 is 23.8 Å². The fraction of sp³-hybridized carbons (Fsp3) is 0.250. The lowest BCUT2D eigenvalue weighted by atomic mass is 10.1. The maximum Gasteiger partial charge on any atom is 0.358 e. The smallest absolute Gasteiger partial charge is 0.358 e. The summed E-state index contributed by atoms with van der Waals surface area (Å²) < 4.78 is 24.5. The lowest BCUT2D eigenvalue weighted by Crippen LogP contribution is -2.04. The van der Waals surface area contributed by atoms with Crippen LogP contribution in [0.25, 0.3) is 0 Å². The molecular weight excluding hydrogens is 196 g/mol. The van der Waals surface area contributed by atoms with E-state index in [0.29, 0.717) is 0 Å². The molecule has 6 heteroatoms. The van der Waals surface area contributed by atoms with Gasteiger partial charge in [-0.3, -0.25) is 0 Å². The topological polar surface area (TPSA) is 70.4 Å². The number of carboxylic acid groups (broad SMARTS) is 1. The van der Waals surface area contributed by atoms with Gasteiger partial charge in [0.25, 0.3) is 6.43 Å². The zero-order valence-electron chi connectivity index (χ0n) is 7.16. The highest BCUT2D eigenvalue weighted by molar-refractivity contribution is 5.89. The Hall–Kier alpha value is -1.72. The van der Waals surface area contributed by atoms with Crippen molar-refractivity contribution in [2.24, 2.45) is 0 Å². The normalized spacial score (nSPS) is 10.6. The van der Waals surface area contributed by atoms with Crippen molar-refractivity contribution in [2.75, 3.05) is 0 Å². The summed E-state index contributed by atoms with van der Waals surface area (Å²) in [5, 5.41) is 17.7. The maximum absolute atomic E-state index is 12.2. The highest BCUT2D eigenvalue weighted by atomic mass is 19.3. The summed E-state index contributed by atoms with van der Waals surface area (Å²) in [6, 6.07) is 0. The van der Waals surface area contributed by atoms with Gasteiger partial charge in [0.1, 0.15) is 0 Å². The SMILES string of the molecule is Cc1c(C(F)F)cnc(C(=O)O)c1O. The van der Waals surface area contributed by atoms with Gasteiger partial charge >= 0.3 is 5.97 Å². The van der Waals surface area contributed by atoms with E-state index in [0.717, 1.165) is 6.20 Å². The summed E-state index contributed by atoms with van der Waals surface area (Å²) >= 11 is 0. The zero-order valence-corrected chi connectivity index (χ0v) is 7.16. The summed E-state index contributed by atoms with van der Waals surface area (Å²) in [5.74, 6) is -2.17. The van der Waals surface area contributed by atoms with Crippen LogP contribution < -0.4 is 0 Å². The van der Waals surface area contributed by atoms with E-state index < -0.39 is 29.4 Å². The molecule has 2 N–H and O–H groups in total. The number of pyridine rings is 1. The van der Waals surface area contributed by atoms with Crippen LogP contribution in [0.2, 0.25) is 0 Å². The van der Waals surface area contributed by atoms with Crippen molar-refractivity contribution in [3.05, 3.63) is 23.0 Å². The Morgan fingerprint density at radius 3 is 2.57 bits per heavy atom. The van der Waals surface area contributed by atoms with E-state index in [1.54, 1.807) is 0 Å². The van der Waals surface area contributed by atoms with Gasteiger partial charge in [-0.25, -0.2) is 18.6 Å². The highest BCUT2D eigenvalue weighted by Gasteiger charge is 2.20. The number of aromatic hydroxyl groups is 1. The average Bonchev–Trinajstić information content (AvgIpc) is 2.08. The highest BCUT2D eigenvalue weighted by Crippen LogP contribution is 2.29. The molecule has 1 aromatic rings. The number of hydrogen-bond acceptors (Lipinski definition) is 3. The van der Waals surface area contributed by atoms with Crippen molar-refractivity contribution in [1.82, 2.24) is 4.98 Å². The molecule has 0 spiro atoms. The first-order valence-electron chi connectivity index (χ1n) is 3.65. The van der Waals surface area contributed by atoms with Crippen LogP contribution in [0.5, 0.6) is 5.75 Å². The van der Waals surface area contributed by atoms with Crippen LogP contribution in [-0.4, -0.2) is 21.2 Å². The van der Waals surface area contributed by atoms with E-state index in [9.17, 15) is 18.7 Å². The number of carboxylic acids is 1. The van der Waals surface area contributed by atoms with E-state index in [-0.39, 0.29) is 5.56 Å². The summed E-state index contributed by atoms with van der Waals surface area (Å²) in [5.41, 5.74) is -1.24. The number of halogens is 2. The fourth-order valence-corrected chi connectivity index (χ4v) is 0.983. The summed E-state index contributed by atoms with van der Waals surface area (Å²) in [6.07, 6.45) is -2.03. The largest absolute Gasteiger partial charge is 0.505 e. The first kappa shape index (κ1) is 10.4. The zero-order chi connectivity index (χ0) is 10.9. The van der Waals surface area contributed by atoms with Crippen LogP contribution in [0.1, 0.15) is 28.0 Å². The van der Waals surface area contributed by atoms with Crippen molar-refractivity contribution in [2.45, 2.75) is 13.3 Å². The predicted molar refractivity (Wildman–Crippen MR) is 42.6 cm³/mol. The molecule has 1 heterocycles. The standard InChI is InChI=1S/C8H7F2NO3/c1-3-4(7(9)10)2-11-5(6(3)12)8(13)14/h2,7,12H,1H3,(H,13,14). The molecule has 14 heavy (non-hydrogen) atoms. The fourth-order valence-electron chi connectivity index (χ4n) is 0.983. The monoisotopic (exact) mass is 203 g/mol. The van der Waals surface area contributed by atoms with Gasteiger partial charge in [0.2, 0.25) is 0 Å². The van der Waals surface area contributed by atoms with Gasteiger partial charge < -0.3 is 10.2 Å². The molecule has 0 amide bonds. The number of alkyl halides is 2. The molecule has 0 bridgehead atoms. The second-order valence-electron chi connectivity index (χ2n) is 2.64. The molecule has 0 aliphatic rings. The molecule has 0 aliphatic heterocycles. The quantitative estimate of drug-likeness (QED) is 0.767. The number of aromatic nitrogens is 1. The van der Waals surface area contributed by atoms with Gasteiger partial charge in [0.15, 0.2) is 11.4 Å². The molecule has 0 aliphatic carbocycles. The first-order valence-corrected chi connectivity index (χ1v) is 3.65. The van der Waals surface area contributed by atoms with Crippen LogP contribution in [0, 0.1) is 6.92 Å². The van der Waals surface area contributed by atoms with Gasteiger partial charge in [-0.2, -0.15) is 0 Å².